The lowest BCUT2D eigenvalue weighted by Gasteiger charge is -2.18. The summed E-state index contributed by atoms with van der Waals surface area (Å²) in [5, 5.41) is 14.5. The minimum atomic E-state index is -0.749. The van der Waals surface area contributed by atoms with Crippen molar-refractivity contribution < 1.29 is 14.3 Å². The van der Waals surface area contributed by atoms with E-state index in [-0.39, 0.29) is 40.4 Å². The predicted molar refractivity (Wildman–Crippen MR) is 137 cm³/mol. The predicted octanol–water partition coefficient (Wildman–Crippen LogP) is 5.04. The molecule has 2 amide bonds. The van der Waals surface area contributed by atoms with Gasteiger partial charge in [-0.1, -0.05) is 35.3 Å². The molecule has 1 atom stereocenters. The molecule has 2 heterocycles. The van der Waals surface area contributed by atoms with Crippen molar-refractivity contribution >= 4 is 57.5 Å². The highest BCUT2D eigenvalue weighted by Gasteiger charge is 2.32. The van der Waals surface area contributed by atoms with Crippen LogP contribution in [0.5, 0.6) is 11.5 Å². The molecular formula is C25H18Cl2N6O3. The van der Waals surface area contributed by atoms with E-state index in [9.17, 15) is 14.9 Å². The van der Waals surface area contributed by atoms with Crippen molar-refractivity contribution in [1.82, 2.24) is 9.78 Å². The second-order valence-electron chi connectivity index (χ2n) is 8.26. The lowest BCUT2D eigenvalue weighted by Crippen LogP contribution is -2.24. The van der Waals surface area contributed by atoms with Crippen LogP contribution in [0.4, 0.5) is 16.3 Å². The van der Waals surface area contributed by atoms with Gasteiger partial charge in [-0.3, -0.25) is 4.79 Å². The summed E-state index contributed by atoms with van der Waals surface area (Å²) < 4.78 is 6.96. The van der Waals surface area contributed by atoms with Crippen LogP contribution in [-0.4, -0.2) is 28.3 Å². The van der Waals surface area contributed by atoms with Crippen molar-refractivity contribution in [1.29, 1.82) is 5.26 Å². The van der Waals surface area contributed by atoms with Gasteiger partial charge in [-0.2, -0.15) is 9.94 Å². The summed E-state index contributed by atoms with van der Waals surface area (Å²) in [7, 11) is 0. The molecule has 0 unspecified atom stereocenters. The van der Waals surface area contributed by atoms with Crippen molar-refractivity contribution in [3.05, 3.63) is 75.8 Å². The van der Waals surface area contributed by atoms with Crippen molar-refractivity contribution in [2.24, 2.45) is 5.73 Å². The highest BCUT2D eigenvalue weighted by molar-refractivity contribution is 6.33. The van der Waals surface area contributed by atoms with Crippen LogP contribution in [0.15, 0.2) is 54.6 Å². The number of rotatable bonds is 4. The molecule has 1 aliphatic heterocycles. The molecule has 1 aliphatic rings. The Bertz CT molecular complexity index is 1590. The fourth-order valence-electron chi connectivity index (χ4n) is 4.31. The number of nitrogens with two attached hydrogens (primary N) is 2. The Morgan fingerprint density at radius 2 is 1.94 bits per heavy atom. The normalized spacial score (nSPS) is 15.3. The van der Waals surface area contributed by atoms with Crippen LogP contribution in [0, 0.1) is 11.3 Å². The van der Waals surface area contributed by atoms with Gasteiger partial charge in [-0.15, -0.1) is 5.10 Å². The van der Waals surface area contributed by atoms with Crippen molar-refractivity contribution in [3.63, 3.8) is 0 Å². The fourth-order valence-corrected chi connectivity index (χ4v) is 4.68. The van der Waals surface area contributed by atoms with E-state index in [1.165, 1.54) is 0 Å². The average Bonchev–Trinajstić information content (AvgIpc) is 3.41. The summed E-state index contributed by atoms with van der Waals surface area (Å²) in [5.74, 6) is 0.477. The Kier molecular flexibility index (Phi) is 5.92. The Morgan fingerprint density at radius 3 is 2.69 bits per heavy atom. The molecule has 4 N–H and O–H groups in total. The Morgan fingerprint density at radius 1 is 1.14 bits per heavy atom. The zero-order valence-corrected chi connectivity index (χ0v) is 20.1. The molecule has 0 aliphatic carbocycles. The first-order valence-corrected chi connectivity index (χ1v) is 11.6. The van der Waals surface area contributed by atoms with Gasteiger partial charge >= 0.3 is 6.03 Å². The van der Waals surface area contributed by atoms with E-state index in [0.29, 0.717) is 33.9 Å². The molecule has 36 heavy (non-hydrogen) atoms. The zero-order valence-electron chi connectivity index (χ0n) is 18.6. The highest BCUT2D eigenvalue weighted by Crippen LogP contribution is 2.40. The van der Waals surface area contributed by atoms with Gasteiger partial charge in [-0.05, 0) is 48.0 Å². The summed E-state index contributed by atoms with van der Waals surface area (Å²) >= 11 is 12.6. The number of para-hydroxylation sites is 1. The molecule has 180 valence electrons. The zero-order chi connectivity index (χ0) is 25.6. The minimum Gasteiger partial charge on any atom is -0.453 e. The highest BCUT2D eigenvalue weighted by atomic mass is 35.5. The Hall–Kier alpha value is -4.26. The Labute approximate surface area is 215 Å². The van der Waals surface area contributed by atoms with Crippen LogP contribution in [0.2, 0.25) is 10.0 Å². The number of aromatic nitrogens is 2. The Balaban J connectivity index is 1.43. The number of benzene rings is 3. The SMILES string of the molecule is N#Cc1cccc(Cl)c1Oc1cc([C@H]2CC(=O)N(c3ccc4c(c3)c(N)nn4C(N)=O)C2)ccc1Cl. The number of hydrogen-bond acceptors (Lipinski definition) is 6. The molecule has 1 fully saturated rings. The number of nitrogens with zero attached hydrogens (tertiary/aromatic N) is 4. The van der Waals surface area contributed by atoms with Gasteiger partial charge < -0.3 is 21.1 Å². The van der Waals surface area contributed by atoms with Crippen molar-refractivity contribution in [2.45, 2.75) is 12.3 Å². The summed E-state index contributed by atoms with van der Waals surface area (Å²) in [4.78, 5) is 26.2. The molecule has 1 saturated heterocycles. The van der Waals surface area contributed by atoms with Crippen LogP contribution in [0.25, 0.3) is 10.9 Å². The third-order valence-electron chi connectivity index (χ3n) is 6.06. The van der Waals surface area contributed by atoms with E-state index in [4.69, 9.17) is 39.4 Å². The van der Waals surface area contributed by atoms with Crippen molar-refractivity contribution in [3.8, 4) is 17.6 Å². The van der Waals surface area contributed by atoms with Gasteiger partial charge in [0.15, 0.2) is 11.6 Å². The number of carbonyl (C=O) groups excluding carboxylic acids is 2. The smallest absolute Gasteiger partial charge is 0.340 e. The molecule has 0 saturated carbocycles. The lowest BCUT2D eigenvalue weighted by molar-refractivity contribution is -0.117. The minimum absolute atomic E-state index is 0.0736. The molecule has 1 aromatic heterocycles. The number of amides is 2. The molecule has 4 aromatic rings. The number of carbonyl (C=O) groups is 2. The van der Waals surface area contributed by atoms with Crippen LogP contribution < -0.4 is 21.1 Å². The molecular weight excluding hydrogens is 503 g/mol. The average molecular weight is 521 g/mol. The summed E-state index contributed by atoms with van der Waals surface area (Å²) in [5.41, 5.74) is 13.5. The van der Waals surface area contributed by atoms with E-state index in [2.05, 4.69) is 11.2 Å². The second-order valence-corrected chi connectivity index (χ2v) is 9.08. The number of fused-ring (bicyclic) bond motifs is 1. The topological polar surface area (TPSA) is 140 Å². The van der Waals surface area contributed by atoms with Crippen molar-refractivity contribution in [2.75, 3.05) is 17.2 Å². The number of ether oxygens (including phenoxy) is 1. The fraction of sp³-hybridized carbons (Fsp3) is 0.120. The largest absolute Gasteiger partial charge is 0.453 e. The monoisotopic (exact) mass is 520 g/mol. The van der Waals surface area contributed by atoms with Crippen LogP contribution >= 0.6 is 23.2 Å². The van der Waals surface area contributed by atoms with Gasteiger partial charge in [0.1, 0.15) is 11.8 Å². The third kappa shape index (κ3) is 4.06. The quantitative estimate of drug-likeness (QED) is 0.386. The lowest BCUT2D eigenvalue weighted by atomic mass is 9.98. The summed E-state index contributed by atoms with van der Waals surface area (Å²) in [6.07, 6.45) is 0.269. The second kappa shape index (κ2) is 9.07. The molecule has 11 heteroatoms. The van der Waals surface area contributed by atoms with Gasteiger partial charge in [0, 0.05) is 30.0 Å². The van der Waals surface area contributed by atoms with E-state index in [1.54, 1.807) is 53.4 Å². The van der Waals surface area contributed by atoms with Gasteiger partial charge in [0.2, 0.25) is 5.91 Å². The molecule has 3 aromatic carbocycles. The van der Waals surface area contributed by atoms with E-state index >= 15 is 0 Å². The number of halogens is 2. The number of nitriles is 1. The van der Waals surface area contributed by atoms with Gasteiger partial charge in [-0.25, -0.2) is 4.79 Å². The molecule has 0 spiro atoms. The maximum Gasteiger partial charge on any atom is 0.340 e. The maximum atomic E-state index is 13.0. The first-order chi connectivity index (χ1) is 17.3. The first kappa shape index (κ1) is 23.5. The molecule has 0 radical (unpaired) electrons. The summed E-state index contributed by atoms with van der Waals surface area (Å²) in [6.45, 7) is 0.408. The van der Waals surface area contributed by atoms with Gasteiger partial charge in [0.25, 0.3) is 0 Å². The van der Waals surface area contributed by atoms with Crippen LogP contribution in [0.3, 0.4) is 0 Å². The van der Waals surface area contributed by atoms with E-state index in [0.717, 1.165) is 10.2 Å². The molecule has 9 nitrogen and oxygen atoms in total. The van der Waals surface area contributed by atoms with Gasteiger partial charge in [0.05, 0.1) is 21.1 Å². The summed E-state index contributed by atoms with van der Waals surface area (Å²) in [6, 6.07) is 16.6. The first-order valence-electron chi connectivity index (χ1n) is 10.8. The van der Waals surface area contributed by atoms with E-state index < -0.39 is 6.03 Å². The van der Waals surface area contributed by atoms with E-state index in [1.807, 2.05) is 6.07 Å². The number of primary amides is 1. The van der Waals surface area contributed by atoms with Crippen LogP contribution in [-0.2, 0) is 4.79 Å². The maximum absolute atomic E-state index is 13.0. The number of anilines is 2. The number of nitrogen functional groups attached to an aromatic ring is 1. The molecule has 0 bridgehead atoms. The number of hydrogen-bond donors (Lipinski definition) is 2. The molecule has 5 rings (SSSR count). The third-order valence-corrected chi connectivity index (χ3v) is 6.67. The van der Waals surface area contributed by atoms with Crippen LogP contribution in [0.1, 0.15) is 23.5 Å². The standard InChI is InChI=1S/C25H18Cl2N6O3/c26-18-6-4-13(8-21(18)36-23-14(11-28)2-1-3-19(23)27)15-9-22(34)32(12-15)16-5-7-20-17(10-16)24(29)31-33(20)25(30)35/h1-8,10,15H,9,12H2,(H2,29,31)(H2,30,35)/t15-/m0/s1.